The lowest BCUT2D eigenvalue weighted by molar-refractivity contribution is -0.0980. The van der Waals surface area contributed by atoms with E-state index in [9.17, 15) is 0 Å². The number of piperidine rings is 1. The van der Waals surface area contributed by atoms with E-state index in [1.54, 1.807) is 0 Å². The summed E-state index contributed by atoms with van der Waals surface area (Å²) in [5.74, 6) is 2.31. The van der Waals surface area contributed by atoms with Crippen LogP contribution in [0.3, 0.4) is 0 Å². The Morgan fingerprint density at radius 3 is 2.78 bits per heavy atom. The number of aromatic nitrogens is 4. The largest absolute Gasteiger partial charge is 0.381 e. The van der Waals surface area contributed by atoms with Crippen molar-refractivity contribution in [2.45, 2.75) is 77.9 Å². The molecule has 0 aromatic carbocycles. The van der Waals surface area contributed by atoms with Crippen molar-refractivity contribution in [2.75, 3.05) is 38.4 Å². The molecule has 224 valence electrons. The van der Waals surface area contributed by atoms with Gasteiger partial charge in [-0.15, -0.1) is 0 Å². The maximum Gasteiger partial charge on any atom is 0.180 e. The number of imidazole rings is 1. The van der Waals surface area contributed by atoms with Crippen molar-refractivity contribution in [1.29, 1.82) is 0 Å². The van der Waals surface area contributed by atoms with Crippen LogP contribution in [0.5, 0.6) is 0 Å². The first-order valence-corrected chi connectivity index (χ1v) is 14.8. The van der Waals surface area contributed by atoms with Crippen LogP contribution in [-0.2, 0) is 14.3 Å². The Morgan fingerprint density at radius 2 is 2.00 bits per heavy atom. The fourth-order valence-corrected chi connectivity index (χ4v) is 5.35. The molecule has 3 aromatic rings. The van der Waals surface area contributed by atoms with E-state index in [1.807, 2.05) is 19.1 Å². The van der Waals surface area contributed by atoms with Gasteiger partial charge >= 0.3 is 0 Å². The number of nitrogens with zero attached hydrogens (tertiary/aromatic N) is 5. The van der Waals surface area contributed by atoms with Crippen LogP contribution in [0, 0.1) is 12.8 Å². The van der Waals surface area contributed by atoms with Crippen LogP contribution in [0.25, 0.3) is 23.2 Å². The van der Waals surface area contributed by atoms with Gasteiger partial charge in [-0.25, -0.2) is 15.0 Å². The second-order valence-electron chi connectivity index (χ2n) is 12.1. The molecule has 41 heavy (non-hydrogen) atoms. The van der Waals surface area contributed by atoms with Crippen molar-refractivity contribution >= 4 is 24.3 Å². The number of rotatable bonds is 9. The van der Waals surface area contributed by atoms with E-state index in [0.29, 0.717) is 18.6 Å². The predicted molar refractivity (Wildman–Crippen MR) is 166 cm³/mol. The van der Waals surface area contributed by atoms with Gasteiger partial charge in [0.2, 0.25) is 0 Å². The molecule has 0 unspecified atom stereocenters. The van der Waals surface area contributed by atoms with Crippen molar-refractivity contribution in [3.8, 4) is 11.5 Å². The van der Waals surface area contributed by atoms with Gasteiger partial charge in [0, 0.05) is 46.0 Å². The molecule has 2 fully saturated rings. The highest BCUT2D eigenvalue weighted by molar-refractivity contribution is 5.62. The van der Waals surface area contributed by atoms with E-state index in [-0.39, 0.29) is 7.03 Å². The summed E-state index contributed by atoms with van der Waals surface area (Å²) in [7, 11) is 0. The summed E-state index contributed by atoms with van der Waals surface area (Å²) in [5, 5.41) is 3.73. The van der Waals surface area contributed by atoms with Gasteiger partial charge in [0.15, 0.2) is 5.82 Å². The van der Waals surface area contributed by atoms with Crippen molar-refractivity contribution in [1.82, 2.24) is 24.3 Å². The van der Waals surface area contributed by atoms with Crippen molar-refractivity contribution < 1.29 is 15.7 Å². The molecule has 2 saturated heterocycles. The van der Waals surface area contributed by atoms with Gasteiger partial charge in [0.1, 0.15) is 23.9 Å². The molecule has 9 heteroatoms. The number of allylic oxidation sites excluding steroid dienone is 1. The third-order valence-corrected chi connectivity index (χ3v) is 7.54. The first-order valence-electron chi connectivity index (χ1n) is 14.8. The zero-order valence-electron chi connectivity index (χ0n) is 25.1. The lowest BCUT2D eigenvalue weighted by Crippen LogP contribution is -2.44. The number of pyridine rings is 1. The van der Waals surface area contributed by atoms with E-state index in [4.69, 9.17) is 24.2 Å². The molecule has 5 rings (SSSR count). The molecule has 5 heterocycles. The van der Waals surface area contributed by atoms with Crippen LogP contribution >= 0.6 is 0 Å². The van der Waals surface area contributed by atoms with Crippen molar-refractivity contribution in [3.63, 3.8) is 0 Å². The number of hydrogen-bond donors (Lipinski definition) is 1. The maximum absolute atomic E-state index is 8.00. The number of aryl methyl sites for hydroxylation is 1. The zero-order valence-corrected chi connectivity index (χ0v) is 25.1. The molecule has 2 aliphatic heterocycles. The molecule has 1 N–H and O–H groups in total. The minimum atomic E-state index is -0.139. The second kappa shape index (κ2) is 14.7. The van der Waals surface area contributed by atoms with E-state index >= 15 is 0 Å². The number of ether oxygens (including phenoxy) is 2. The quantitative estimate of drug-likeness (QED) is 0.337. The second-order valence-corrected chi connectivity index (χ2v) is 12.1. The number of carbonyl (C=O) groups excluding carboxylic acids is 1. The molecule has 1 atom stereocenters. The highest BCUT2D eigenvalue weighted by atomic mass is 16.5. The van der Waals surface area contributed by atoms with Gasteiger partial charge in [0.05, 0.1) is 24.2 Å². The lowest BCUT2D eigenvalue weighted by Gasteiger charge is -2.35. The van der Waals surface area contributed by atoms with E-state index < -0.39 is 0 Å². The molecular weight excluding hydrogens is 516 g/mol. The van der Waals surface area contributed by atoms with Crippen LogP contribution in [-0.4, -0.2) is 75.7 Å². The van der Waals surface area contributed by atoms with Gasteiger partial charge in [-0.05, 0) is 89.8 Å². The highest BCUT2D eigenvalue weighted by Crippen LogP contribution is 2.24. The SMILES string of the molecule is C=O.Cc1ccc2ncc(-c3nc(/C=C\CCC4CCOCC4)cc(N[C@@H]4CCCN(COC(C)(C)C)C4)n3)n2c1.[HH]. The van der Waals surface area contributed by atoms with Crippen LogP contribution in [0.2, 0.25) is 0 Å². The van der Waals surface area contributed by atoms with Crippen LogP contribution in [0.4, 0.5) is 5.82 Å². The Hall–Kier alpha value is -3.14. The van der Waals surface area contributed by atoms with Crippen LogP contribution < -0.4 is 5.32 Å². The Bertz CT molecular complexity index is 1280. The Kier molecular flexibility index (Phi) is 11.0. The summed E-state index contributed by atoms with van der Waals surface area (Å²) in [4.78, 5) is 24.9. The highest BCUT2D eigenvalue weighted by Gasteiger charge is 2.23. The minimum absolute atomic E-state index is 0. The van der Waals surface area contributed by atoms with E-state index in [0.717, 1.165) is 74.3 Å². The Balaban J connectivity index is 0.00000158. The Morgan fingerprint density at radius 1 is 1.20 bits per heavy atom. The predicted octanol–water partition coefficient (Wildman–Crippen LogP) is 6.03. The molecular formula is C32H48N6O3. The smallest absolute Gasteiger partial charge is 0.180 e. The number of fused-ring (bicyclic) bond motifs is 1. The first kappa shape index (κ1) is 30.8. The maximum atomic E-state index is 8.00. The summed E-state index contributed by atoms with van der Waals surface area (Å²) in [6.07, 6.45) is 15.2. The monoisotopic (exact) mass is 564 g/mol. The topological polar surface area (TPSA) is 93.9 Å². The normalized spacial score (nSPS) is 18.9. The molecule has 0 saturated carbocycles. The Labute approximate surface area is 245 Å². The minimum Gasteiger partial charge on any atom is -0.381 e. The summed E-state index contributed by atoms with van der Waals surface area (Å²) in [6.45, 7) is 14.9. The third kappa shape index (κ3) is 9.18. The fraction of sp³-hybridized carbons (Fsp3) is 0.562. The molecule has 9 nitrogen and oxygen atoms in total. The molecule has 0 spiro atoms. The first-order chi connectivity index (χ1) is 19.8. The molecule has 0 amide bonds. The zero-order chi connectivity index (χ0) is 29.2. The van der Waals surface area contributed by atoms with Crippen molar-refractivity contribution in [3.05, 3.63) is 47.9 Å². The molecule has 0 bridgehead atoms. The van der Waals surface area contributed by atoms with Gasteiger partial charge in [-0.1, -0.05) is 12.1 Å². The standard InChI is InChI=1S/C31H44N6O2.CH2O.H2/c1-23-11-12-29-32-19-27(37(29)20-23)30-34-25(9-6-5-8-24-13-16-38-17-14-24)18-28(35-30)33-26-10-7-15-36(21-26)22-39-31(2,3)4;1-2;/h6,9,11-12,18-20,24,26H,5,7-8,10,13-17,21-22H2,1-4H3,(H,33,34,35);1H2;1H/b9-6-;;/t26-;;/m1../s1. The number of nitrogens with one attached hydrogen (secondary N) is 1. The van der Waals surface area contributed by atoms with Gasteiger partial charge in [-0.3, -0.25) is 9.30 Å². The molecule has 2 aliphatic rings. The van der Waals surface area contributed by atoms with Gasteiger partial charge < -0.3 is 19.6 Å². The van der Waals surface area contributed by atoms with E-state index in [2.05, 4.69) is 77.8 Å². The number of carbonyl (C=O) groups is 1. The number of likely N-dealkylation sites (tertiary alicyclic amines) is 1. The summed E-state index contributed by atoms with van der Waals surface area (Å²) >= 11 is 0. The average molecular weight is 565 g/mol. The van der Waals surface area contributed by atoms with Crippen molar-refractivity contribution in [2.24, 2.45) is 5.92 Å². The molecule has 0 radical (unpaired) electrons. The average Bonchev–Trinajstić information content (AvgIpc) is 3.39. The van der Waals surface area contributed by atoms with Gasteiger partial charge in [0.25, 0.3) is 0 Å². The molecule has 0 aliphatic carbocycles. The lowest BCUT2D eigenvalue weighted by atomic mass is 9.95. The summed E-state index contributed by atoms with van der Waals surface area (Å²) in [5.41, 5.74) is 3.75. The fourth-order valence-electron chi connectivity index (χ4n) is 5.35. The van der Waals surface area contributed by atoms with E-state index in [1.165, 1.54) is 24.8 Å². The van der Waals surface area contributed by atoms with Crippen LogP contribution in [0.15, 0.2) is 36.7 Å². The summed E-state index contributed by atoms with van der Waals surface area (Å²) < 4.78 is 13.6. The third-order valence-electron chi connectivity index (χ3n) is 7.54. The van der Waals surface area contributed by atoms with Crippen LogP contribution in [0.1, 0.15) is 72.0 Å². The number of anilines is 1. The number of hydrogen-bond acceptors (Lipinski definition) is 8. The van der Waals surface area contributed by atoms with Gasteiger partial charge in [-0.2, -0.15) is 0 Å². The molecule has 3 aromatic heterocycles. The summed E-state index contributed by atoms with van der Waals surface area (Å²) in [6, 6.07) is 6.50.